The van der Waals surface area contributed by atoms with Gasteiger partial charge in [0.1, 0.15) is 18.0 Å². The summed E-state index contributed by atoms with van der Waals surface area (Å²) in [7, 11) is 1.56. The molecule has 2 aromatic rings. The van der Waals surface area contributed by atoms with Crippen LogP contribution in [0.2, 0.25) is 0 Å². The van der Waals surface area contributed by atoms with Gasteiger partial charge in [-0.15, -0.1) is 0 Å². The normalized spacial score (nSPS) is 13.6. The quantitative estimate of drug-likeness (QED) is 0.714. The van der Waals surface area contributed by atoms with Crippen LogP contribution in [0.1, 0.15) is 38.2 Å². The highest BCUT2D eigenvalue weighted by Crippen LogP contribution is 2.19. The fraction of sp³-hybridized carbons (Fsp3) is 0.304. The summed E-state index contributed by atoms with van der Waals surface area (Å²) in [6.45, 7) is 3.88. The second-order valence-electron chi connectivity index (χ2n) is 7.51. The van der Waals surface area contributed by atoms with Crippen LogP contribution in [0.5, 0.6) is 5.75 Å². The Hall–Kier alpha value is -3.68. The second kappa shape index (κ2) is 9.88. The predicted molar refractivity (Wildman–Crippen MR) is 119 cm³/mol. The van der Waals surface area contributed by atoms with Gasteiger partial charge in [0, 0.05) is 24.2 Å². The highest BCUT2D eigenvalue weighted by atomic mass is 16.5. The minimum absolute atomic E-state index is 0.116. The topological polar surface area (TPSA) is 100 Å². The lowest BCUT2D eigenvalue weighted by atomic mass is 10.0. The van der Waals surface area contributed by atoms with Crippen molar-refractivity contribution in [3.8, 4) is 5.75 Å². The van der Waals surface area contributed by atoms with Gasteiger partial charge in [0.05, 0.1) is 7.11 Å². The molecule has 0 radical (unpaired) electrons. The molecule has 1 aliphatic heterocycles. The van der Waals surface area contributed by atoms with Crippen LogP contribution in [0, 0.1) is 0 Å². The fourth-order valence-corrected chi connectivity index (χ4v) is 3.08. The molecule has 8 heteroatoms. The predicted octanol–water partition coefficient (Wildman–Crippen LogP) is 3.37. The van der Waals surface area contributed by atoms with Crippen molar-refractivity contribution in [2.24, 2.45) is 5.10 Å². The number of nitrogens with one attached hydrogen (secondary N) is 2. The van der Waals surface area contributed by atoms with Crippen LogP contribution < -0.4 is 15.4 Å². The van der Waals surface area contributed by atoms with E-state index in [9.17, 15) is 14.4 Å². The summed E-state index contributed by atoms with van der Waals surface area (Å²) in [5.74, 6) is -0.0822. The Balaban J connectivity index is 1.64. The molecule has 0 atom stereocenters. The number of ether oxygens (including phenoxy) is 1. The van der Waals surface area contributed by atoms with Gasteiger partial charge in [-0.05, 0) is 47.9 Å². The van der Waals surface area contributed by atoms with E-state index in [1.165, 1.54) is 0 Å². The van der Waals surface area contributed by atoms with Gasteiger partial charge in [-0.3, -0.25) is 14.4 Å². The number of anilines is 2. The lowest BCUT2D eigenvalue weighted by Gasteiger charge is -2.22. The summed E-state index contributed by atoms with van der Waals surface area (Å²) in [6, 6.07) is 14.4. The molecule has 8 nitrogen and oxygen atoms in total. The third-order valence-electron chi connectivity index (χ3n) is 4.85. The van der Waals surface area contributed by atoms with Crippen LogP contribution in [-0.4, -0.2) is 42.1 Å². The van der Waals surface area contributed by atoms with Gasteiger partial charge < -0.3 is 15.4 Å². The van der Waals surface area contributed by atoms with E-state index in [1.54, 1.807) is 37.4 Å². The van der Waals surface area contributed by atoms with E-state index in [0.29, 0.717) is 23.0 Å². The van der Waals surface area contributed by atoms with Crippen molar-refractivity contribution in [3.05, 3.63) is 54.1 Å². The molecular weight excluding hydrogens is 396 g/mol. The first-order valence-electron chi connectivity index (χ1n) is 10.1. The molecule has 31 heavy (non-hydrogen) atoms. The third kappa shape index (κ3) is 5.91. The van der Waals surface area contributed by atoms with Crippen molar-refractivity contribution in [3.63, 3.8) is 0 Å². The van der Waals surface area contributed by atoms with Gasteiger partial charge in [-0.25, -0.2) is 5.01 Å². The van der Waals surface area contributed by atoms with Crippen LogP contribution in [0.25, 0.3) is 0 Å². The number of rotatable bonds is 7. The zero-order chi connectivity index (χ0) is 22.4. The highest BCUT2D eigenvalue weighted by Gasteiger charge is 2.26. The van der Waals surface area contributed by atoms with Crippen molar-refractivity contribution in [1.82, 2.24) is 5.01 Å². The van der Waals surface area contributed by atoms with E-state index < -0.39 is 5.91 Å². The number of carbonyl (C=O) groups is 3. The lowest BCUT2D eigenvalue weighted by Crippen LogP contribution is -2.40. The van der Waals surface area contributed by atoms with Crippen molar-refractivity contribution >= 4 is 34.8 Å². The van der Waals surface area contributed by atoms with Crippen LogP contribution >= 0.6 is 0 Å². The number of hydrogen-bond acceptors (Lipinski definition) is 5. The molecule has 0 spiro atoms. The first-order chi connectivity index (χ1) is 14.9. The molecule has 0 unspecified atom stereocenters. The maximum Gasteiger partial charge on any atom is 0.271 e. The molecule has 3 rings (SSSR count). The monoisotopic (exact) mass is 422 g/mol. The largest absolute Gasteiger partial charge is 0.497 e. The first-order valence-corrected chi connectivity index (χ1v) is 10.1. The fourth-order valence-electron chi connectivity index (χ4n) is 3.08. The van der Waals surface area contributed by atoms with Crippen molar-refractivity contribution in [2.75, 3.05) is 24.3 Å². The average Bonchev–Trinajstić information content (AvgIpc) is 2.76. The molecule has 1 aliphatic rings. The van der Waals surface area contributed by atoms with Crippen LogP contribution in [0.4, 0.5) is 11.4 Å². The van der Waals surface area contributed by atoms with Crippen LogP contribution in [0.3, 0.4) is 0 Å². The SMILES string of the molecule is COc1ccc(NC(=O)C2=NN(CC(=O)Nc3cccc(C(C)C)c3)C(=O)CC2)cc1. The average molecular weight is 422 g/mol. The highest BCUT2D eigenvalue weighted by molar-refractivity contribution is 6.43. The zero-order valence-electron chi connectivity index (χ0n) is 17.8. The van der Waals surface area contributed by atoms with Gasteiger partial charge in [-0.2, -0.15) is 5.10 Å². The molecule has 0 bridgehead atoms. The standard InChI is InChI=1S/C23H26N4O4/c1-15(2)16-5-4-6-18(13-16)24-21(28)14-27-22(29)12-11-20(26-27)23(30)25-17-7-9-19(31-3)10-8-17/h4-10,13,15H,11-12,14H2,1-3H3,(H,24,28)(H,25,30). The zero-order valence-corrected chi connectivity index (χ0v) is 17.8. The Morgan fingerprint density at radius 3 is 2.48 bits per heavy atom. The van der Waals surface area contributed by atoms with Gasteiger partial charge in [-0.1, -0.05) is 26.0 Å². The van der Waals surface area contributed by atoms with Crippen LogP contribution in [0.15, 0.2) is 53.6 Å². The van der Waals surface area contributed by atoms with E-state index in [0.717, 1.165) is 10.6 Å². The minimum atomic E-state index is -0.410. The Labute approximate surface area is 181 Å². The Morgan fingerprint density at radius 2 is 1.81 bits per heavy atom. The smallest absolute Gasteiger partial charge is 0.271 e. The van der Waals surface area contributed by atoms with Crippen molar-refractivity contribution in [1.29, 1.82) is 0 Å². The van der Waals surface area contributed by atoms with Gasteiger partial charge in [0.15, 0.2) is 0 Å². The summed E-state index contributed by atoms with van der Waals surface area (Å²) >= 11 is 0. The summed E-state index contributed by atoms with van der Waals surface area (Å²) in [6.07, 6.45) is 0.334. The van der Waals surface area contributed by atoms with E-state index in [1.807, 2.05) is 18.2 Å². The van der Waals surface area contributed by atoms with E-state index in [4.69, 9.17) is 4.74 Å². The first kappa shape index (κ1) is 22.0. The molecule has 3 amide bonds. The summed E-state index contributed by atoms with van der Waals surface area (Å²) in [4.78, 5) is 37.2. The van der Waals surface area contributed by atoms with Crippen LogP contribution in [-0.2, 0) is 14.4 Å². The number of methoxy groups -OCH3 is 1. The molecule has 0 aromatic heterocycles. The molecule has 0 saturated carbocycles. The summed E-state index contributed by atoms with van der Waals surface area (Å²) in [5.41, 5.74) is 2.54. The Morgan fingerprint density at radius 1 is 1.06 bits per heavy atom. The number of carbonyl (C=O) groups excluding carboxylic acids is 3. The minimum Gasteiger partial charge on any atom is -0.497 e. The Kier molecular flexibility index (Phi) is 7.02. The molecule has 2 aromatic carbocycles. The maximum atomic E-state index is 12.5. The molecule has 1 heterocycles. The van der Waals surface area contributed by atoms with Gasteiger partial charge in [0.2, 0.25) is 11.8 Å². The molecule has 0 aliphatic carbocycles. The molecule has 0 saturated heterocycles. The molecule has 2 N–H and O–H groups in total. The molecule has 0 fully saturated rings. The summed E-state index contributed by atoms with van der Waals surface area (Å²) in [5, 5.41) is 10.7. The van der Waals surface area contributed by atoms with E-state index in [-0.39, 0.29) is 36.9 Å². The second-order valence-corrected chi connectivity index (χ2v) is 7.51. The summed E-state index contributed by atoms with van der Waals surface area (Å²) < 4.78 is 5.10. The number of benzene rings is 2. The molecule has 162 valence electrons. The lowest BCUT2D eigenvalue weighted by molar-refractivity contribution is -0.135. The molecular formula is C23H26N4O4. The van der Waals surface area contributed by atoms with E-state index in [2.05, 4.69) is 29.6 Å². The number of hydrogen-bond donors (Lipinski definition) is 2. The van der Waals surface area contributed by atoms with Crippen molar-refractivity contribution < 1.29 is 19.1 Å². The van der Waals surface area contributed by atoms with E-state index >= 15 is 0 Å². The van der Waals surface area contributed by atoms with Gasteiger partial charge >= 0.3 is 0 Å². The number of hydrazone groups is 1. The van der Waals surface area contributed by atoms with Gasteiger partial charge in [0.25, 0.3) is 5.91 Å². The Bertz CT molecular complexity index is 999. The number of amides is 3. The number of nitrogens with zero attached hydrogens (tertiary/aromatic N) is 2. The maximum absolute atomic E-state index is 12.5. The van der Waals surface area contributed by atoms with Crippen molar-refractivity contribution in [2.45, 2.75) is 32.6 Å². The third-order valence-corrected chi connectivity index (χ3v) is 4.85.